The Morgan fingerprint density at radius 1 is 0.826 bits per heavy atom. The summed E-state index contributed by atoms with van der Waals surface area (Å²) in [6.45, 7) is 8.67. The Labute approximate surface area is 138 Å². The maximum atomic E-state index is 11.0. The molecule has 1 N–H and O–H groups in total. The Morgan fingerprint density at radius 3 is 2.13 bits per heavy atom. The van der Waals surface area contributed by atoms with Gasteiger partial charge in [0.25, 0.3) is 0 Å². The number of benzene rings is 3. The second-order valence-electron chi connectivity index (χ2n) is 7.29. The lowest BCUT2D eigenvalue weighted by atomic mass is 9.85. The van der Waals surface area contributed by atoms with Crippen LogP contribution in [-0.4, -0.2) is 5.11 Å². The summed E-state index contributed by atoms with van der Waals surface area (Å²) in [6.07, 6.45) is -0.602. The minimum atomic E-state index is -0.602. The SMILES string of the molecule is Cc1ccc2ccccc2c1[C@H](O)c1ccc(C(C)(C)C)cc1. The van der Waals surface area contributed by atoms with Crippen LogP contribution in [0.3, 0.4) is 0 Å². The van der Waals surface area contributed by atoms with E-state index in [1.807, 2.05) is 24.3 Å². The molecule has 0 fully saturated rings. The van der Waals surface area contributed by atoms with Crippen molar-refractivity contribution in [2.24, 2.45) is 0 Å². The predicted octanol–water partition coefficient (Wildman–Crippen LogP) is 5.53. The molecule has 0 aliphatic heterocycles. The van der Waals surface area contributed by atoms with Gasteiger partial charge in [-0.3, -0.25) is 0 Å². The van der Waals surface area contributed by atoms with Crippen LogP contribution in [0.1, 0.15) is 49.1 Å². The standard InChI is InChI=1S/C22H24O/c1-15-9-10-16-7-5-6-8-19(16)20(15)21(23)17-11-13-18(14-12-17)22(2,3)4/h5-14,21,23H,1-4H3/t21-/m1/s1. The zero-order chi connectivity index (χ0) is 16.6. The predicted molar refractivity (Wildman–Crippen MR) is 97.9 cm³/mol. The number of hydrogen-bond donors (Lipinski definition) is 1. The third kappa shape index (κ3) is 3.02. The molecule has 3 rings (SSSR count). The highest BCUT2D eigenvalue weighted by molar-refractivity contribution is 5.87. The normalized spacial score (nSPS) is 13.3. The average Bonchev–Trinajstić information content (AvgIpc) is 2.53. The molecule has 0 aliphatic carbocycles. The van der Waals surface area contributed by atoms with Crippen LogP contribution >= 0.6 is 0 Å². The highest BCUT2D eigenvalue weighted by Crippen LogP contribution is 2.32. The average molecular weight is 304 g/mol. The first-order valence-corrected chi connectivity index (χ1v) is 8.14. The van der Waals surface area contributed by atoms with Gasteiger partial charge < -0.3 is 5.11 Å². The van der Waals surface area contributed by atoms with E-state index in [0.29, 0.717) is 0 Å². The quantitative estimate of drug-likeness (QED) is 0.660. The number of aryl methyl sites for hydroxylation is 1. The first-order valence-electron chi connectivity index (χ1n) is 8.14. The van der Waals surface area contributed by atoms with E-state index in [-0.39, 0.29) is 5.41 Å². The van der Waals surface area contributed by atoms with E-state index < -0.39 is 6.10 Å². The highest BCUT2D eigenvalue weighted by atomic mass is 16.3. The molecule has 0 amide bonds. The fraction of sp³-hybridized carbons (Fsp3) is 0.273. The van der Waals surface area contributed by atoms with Gasteiger partial charge in [-0.2, -0.15) is 0 Å². The molecule has 0 aliphatic rings. The number of aliphatic hydroxyl groups is 1. The molecule has 0 aromatic heterocycles. The third-order valence-corrected chi connectivity index (χ3v) is 4.55. The second kappa shape index (κ2) is 5.82. The van der Waals surface area contributed by atoms with Gasteiger partial charge in [0.1, 0.15) is 6.10 Å². The topological polar surface area (TPSA) is 20.2 Å². The summed E-state index contributed by atoms with van der Waals surface area (Å²) < 4.78 is 0. The molecule has 0 spiro atoms. The molecular formula is C22H24O. The molecule has 0 heterocycles. The summed E-state index contributed by atoms with van der Waals surface area (Å²) in [6, 6.07) is 20.8. The summed E-state index contributed by atoms with van der Waals surface area (Å²) in [5, 5.41) is 13.3. The molecular weight excluding hydrogens is 280 g/mol. The van der Waals surface area contributed by atoms with Crippen LogP contribution in [-0.2, 0) is 5.41 Å². The highest BCUT2D eigenvalue weighted by Gasteiger charge is 2.18. The van der Waals surface area contributed by atoms with Crippen molar-refractivity contribution in [1.82, 2.24) is 0 Å². The summed E-state index contributed by atoms with van der Waals surface area (Å²) in [7, 11) is 0. The fourth-order valence-corrected chi connectivity index (χ4v) is 3.10. The third-order valence-electron chi connectivity index (χ3n) is 4.55. The number of aliphatic hydroxyl groups excluding tert-OH is 1. The van der Waals surface area contributed by atoms with Crippen molar-refractivity contribution in [3.05, 3.63) is 82.9 Å². The lowest BCUT2D eigenvalue weighted by Crippen LogP contribution is -2.11. The Balaban J connectivity index is 2.07. The summed E-state index contributed by atoms with van der Waals surface area (Å²) in [4.78, 5) is 0. The molecule has 3 aromatic carbocycles. The first kappa shape index (κ1) is 15.8. The van der Waals surface area contributed by atoms with Crippen LogP contribution < -0.4 is 0 Å². The van der Waals surface area contributed by atoms with Crippen molar-refractivity contribution in [2.45, 2.75) is 39.2 Å². The summed E-state index contributed by atoms with van der Waals surface area (Å²) >= 11 is 0. The van der Waals surface area contributed by atoms with Crippen molar-refractivity contribution in [3.63, 3.8) is 0 Å². The van der Waals surface area contributed by atoms with Crippen molar-refractivity contribution >= 4 is 10.8 Å². The molecule has 0 saturated carbocycles. The van der Waals surface area contributed by atoms with Crippen LogP contribution in [0.25, 0.3) is 10.8 Å². The Kier molecular flexibility index (Phi) is 3.99. The van der Waals surface area contributed by atoms with Crippen LogP contribution in [0.4, 0.5) is 0 Å². The van der Waals surface area contributed by atoms with Crippen molar-refractivity contribution in [2.75, 3.05) is 0 Å². The Bertz CT molecular complexity index is 823. The maximum Gasteiger partial charge on any atom is 0.105 e. The van der Waals surface area contributed by atoms with E-state index in [4.69, 9.17) is 0 Å². The van der Waals surface area contributed by atoms with Gasteiger partial charge in [0, 0.05) is 0 Å². The largest absolute Gasteiger partial charge is 0.384 e. The zero-order valence-corrected chi connectivity index (χ0v) is 14.3. The van der Waals surface area contributed by atoms with E-state index in [9.17, 15) is 5.11 Å². The van der Waals surface area contributed by atoms with Gasteiger partial charge in [-0.1, -0.05) is 81.4 Å². The Hall–Kier alpha value is -2.12. The van der Waals surface area contributed by atoms with E-state index >= 15 is 0 Å². The molecule has 0 bridgehead atoms. The van der Waals surface area contributed by atoms with Gasteiger partial charge in [0.2, 0.25) is 0 Å². The van der Waals surface area contributed by atoms with Crippen LogP contribution in [0.2, 0.25) is 0 Å². The molecule has 0 radical (unpaired) electrons. The smallest absolute Gasteiger partial charge is 0.105 e. The van der Waals surface area contributed by atoms with Crippen molar-refractivity contribution in [3.8, 4) is 0 Å². The maximum absolute atomic E-state index is 11.0. The molecule has 118 valence electrons. The molecule has 1 nitrogen and oxygen atoms in total. The molecule has 0 saturated heterocycles. The number of rotatable bonds is 2. The fourth-order valence-electron chi connectivity index (χ4n) is 3.10. The van der Waals surface area contributed by atoms with Crippen molar-refractivity contribution < 1.29 is 5.11 Å². The monoisotopic (exact) mass is 304 g/mol. The molecule has 23 heavy (non-hydrogen) atoms. The van der Waals surface area contributed by atoms with E-state index in [1.165, 1.54) is 10.9 Å². The number of hydrogen-bond acceptors (Lipinski definition) is 1. The van der Waals surface area contributed by atoms with E-state index in [1.54, 1.807) is 0 Å². The van der Waals surface area contributed by atoms with Crippen LogP contribution in [0.15, 0.2) is 60.7 Å². The number of fused-ring (bicyclic) bond motifs is 1. The minimum Gasteiger partial charge on any atom is -0.384 e. The summed E-state index contributed by atoms with van der Waals surface area (Å²) in [5.41, 5.74) is 4.47. The van der Waals surface area contributed by atoms with Crippen LogP contribution in [0, 0.1) is 6.92 Å². The summed E-state index contributed by atoms with van der Waals surface area (Å²) in [5.74, 6) is 0. The van der Waals surface area contributed by atoms with Gasteiger partial charge in [-0.15, -0.1) is 0 Å². The van der Waals surface area contributed by atoms with Gasteiger partial charge in [-0.25, -0.2) is 0 Å². The molecule has 0 unspecified atom stereocenters. The van der Waals surface area contributed by atoms with E-state index in [0.717, 1.165) is 22.1 Å². The van der Waals surface area contributed by atoms with E-state index in [2.05, 4.69) is 64.1 Å². The Morgan fingerprint density at radius 2 is 1.48 bits per heavy atom. The van der Waals surface area contributed by atoms with Gasteiger partial charge in [0.05, 0.1) is 0 Å². The zero-order valence-electron chi connectivity index (χ0n) is 14.3. The first-order chi connectivity index (χ1) is 10.9. The lowest BCUT2D eigenvalue weighted by Gasteiger charge is -2.21. The van der Waals surface area contributed by atoms with Gasteiger partial charge >= 0.3 is 0 Å². The van der Waals surface area contributed by atoms with Gasteiger partial charge in [0.15, 0.2) is 0 Å². The lowest BCUT2D eigenvalue weighted by molar-refractivity contribution is 0.221. The van der Waals surface area contributed by atoms with Crippen LogP contribution in [0.5, 0.6) is 0 Å². The molecule has 1 heteroatoms. The minimum absolute atomic E-state index is 0.124. The second-order valence-corrected chi connectivity index (χ2v) is 7.29. The molecule has 1 atom stereocenters. The van der Waals surface area contributed by atoms with Crippen molar-refractivity contribution in [1.29, 1.82) is 0 Å². The molecule has 3 aromatic rings. The van der Waals surface area contributed by atoms with Gasteiger partial charge in [-0.05, 0) is 45.4 Å².